The number of hydrogen-bond acceptors (Lipinski definition) is 3. The predicted octanol–water partition coefficient (Wildman–Crippen LogP) is 2.52. The minimum Gasteiger partial charge on any atom is -0.399 e. The Hall–Kier alpha value is -2.69. The lowest BCUT2D eigenvalue weighted by molar-refractivity contribution is -0.116. The van der Waals surface area contributed by atoms with E-state index in [1.165, 1.54) is 12.1 Å². The monoisotopic (exact) mass is 284 g/mol. The van der Waals surface area contributed by atoms with Crippen molar-refractivity contribution in [3.63, 3.8) is 0 Å². The number of halogens is 1. The minimum atomic E-state index is -0.633. The van der Waals surface area contributed by atoms with E-state index in [-0.39, 0.29) is 17.2 Å². The second-order valence-corrected chi connectivity index (χ2v) is 4.99. The Morgan fingerprint density at radius 3 is 2.71 bits per heavy atom. The summed E-state index contributed by atoms with van der Waals surface area (Å²) < 4.78 is 13.8. The van der Waals surface area contributed by atoms with Crippen molar-refractivity contribution in [2.24, 2.45) is 0 Å². The van der Waals surface area contributed by atoms with Gasteiger partial charge >= 0.3 is 0 Å². The topological polar surface area (TPSA) is 72.2 Å². The zero-order valence-corrected chi connectivity index (χ0v) is 11.2. The maximum absolute atomic E-state index is 13.8. The molecular weight excluding hydrogens is 271 g/mol. The number of benzene rings is 2. The van der Waals surface area contributed by atoms with Crippen LogP contribution >= 0.6 is 0 Å². The molecule has 0 aromatic heterocycles. The third-order valence-corrected chi connectivity index (χ3v) is 3.50. The Kier molecular flexibility index (Phi) is 3.17. The van der Waals surface area contributed by atoms with Crippen LogP contribution in [0.1, 0.15) is 27.9 Å². The molecule has 1 heterocycles. The highest BCUT2D eigenvalue weighted by atomic mass is 19.1. The van der Waals surface area contributed by atoms with Gasteiger partial charge in [0.1, 0.15) is 5.82 Å². The minimum absolute atomic E-state index is 0.0102. The predicted molar refractivity (Wildman–Crippen MR) is 77.6 cm³/mol. The van der Waals surface area contributed by atoms with E-state index >= 15 is 0 Å². The Bertz CT molecular complexity index is 756. The molecule has 1 amide bonds. The van der Waals surface area contributed by atoms with Gasteiger partial charge < -0.3 is 11.1 Å². The van der Waals surface area contributed by atoms with Crippen LogP contribution in [0.15, 0.2) is 36.4 Å². The molecule has 0 saturated carbocycles. The lowest BCUT2D eigenvalue weighted by atomic mass is 9.96. The van der Waals surface area contributed by atoms with Gasteiger partial charge in [-0.05, 0) is 48.4 Å². The number of anilines is 2. The van der Waals surface area contributed by atoms with Gasteiger partial charge in [-0.25, -0.2) is 4.39 Å². The summed E-state index contributed by atoms with van der Waals surface area (Å²) in [5.41, 5.74) is 7.74. The lowest BCUT2D eigenvalue weighted by Gasteiger charge is -2.17. The average Bonchev–Trinajstić information content (AvgIpc) is 2.46. The zero-order valence-electron chi connectivity index (χ0n) is 11.2. The van der Waals surface area contributed by atoms with Crippen molar-refractivity contribution in [3.8, 4) is 0 Å². The van der Waals surface area contributed by atoms with Crippen LogP contribution in [0, 0.1) is 5.82 Å². The molecule has 2 aromatic rings. The fourth-order valence-corrected chi connectivity index (χ4v) is 2.40. The molecule has 106 valence electrons. The number of amides is 1. The van der Waals surface area contributed by atoms with Crippen LogP contribution in [0.5, 0.6) is 0 Å². The van der Waals surface area contributed by atoms with Crippen molar-refractivity contribution in [2.75, 3.05) is 11.1 Å². The van der Waals surface area contributed by atoms with Crippen molar-refractivity contribution < 1.29 is 14.0 Å². The molecule has 1 aliphatic rings. The fraction of sp³-hybridized carbons (Fsp3) is 0.125. The molecule has 21 heavy (non-hydrogen) atoms. The van der Waals surface area contributed by atoms with Gasteiger partial charge in [-0.15, -0.1) is 0 Å². The first kappa shape index (κ1) is 13.3. The maximum atomic E-state index is 13.8. The van der Waals surface area contributed by atoms with E-state index in [4.69, 9.17) is 5.73 Å². The summed E-state index contributed by atoms with van der Waals surface area (Å²) in [6, 6.07) is 8.97. The second kappa shape index (κ2) is 5.01. The number of carbonyl (C=O) groups excluding carboxylic acids is 2. The smallest absolute Gasteiger partial charge is 0.224 e. The van der Waals surface area contributed by atoms with Gasteiger partial charge in [-0.1, -0.05) is 0 Å². The molecule has 2 aromatic carbocycles. The number of nitrogen functional groups attached to an aromatic ring is 1. The molecule has 3 N–H and O–H groups in total. The van der Waals surface area contributed by atoms with Gasteiger partial charge in [-0.3, -0.25) is 9.59 Å². The molecule has 0 unspecified atom stereocenters. The molecule has 0 atom stereocenters. The van der Waals surface area contributed by atoms with Crippen molar-refractivity contribution >= 4 is 23.1 Å². The van der Waals surface area contributed by atoms with Crippen LogP contribution in [0.25, 0.3) is 0 Å². The number of hydrogen-bond donors (Lipinski definition) is 2. The number of nitrogens with two attached hydrogens (primary N) is 1. The van der Waals surface area contributed by atoms with E-state index in [2.05, 4.69) is 5.32 Å². The van der Waals surface area contributed by atoms with Gasteiger partial charge in [0, 0.05) is 23.4 Å². The van der Waals surface area contributed by atoms with Gasteiger partial charge in [0.2, 0.25) is 5.91 Å². The summed E-state index contributed by atoms with van der Waals surface area (Å²) in [5, 5.41) is 2.74. The number of nitrogens with one attached hydrogen (secondary N) is 1. The number of fused-ring (bicyclic) bond motifs is 1. The summed E-state index contributed by atoms with van der Waals surface area (Å²) in [7, 11) is 0. The summed E-state index contributed by atoms with van der Waals surface area (Å²) >= 11 is 0. The van der Waals surface area contributed by atoms with Crippen LogP contribution in [-0.4, -0.2) is 11.7 Å². The summed E-state index contributed by atoms with van der Waals surface area (Å²) in [6.45, 7) is 0. The summed E-state index contributed by atoms with van der Waals surface area (Å²) in [5.74, 6) is -1.07. The third-order valence-electron chi connectivity index (χ3n) is 3.50. The van der Waals surface area contributed by atoms with E-state index in [0.29, 0.717) is 24.1 Å². The van der Waals surface area contributed by atoms with Gasteiger partial charge in [0.05, 0.1) is 5.56 Å². The molecule has 4 nitrogen and oxygen atoms in total. The molecule has 3 rings (SSSR count). The van der Waals surface area contributed by atoms with Crippen LogP contribution in [0.3, 0.4) is 0 Å². The van der Waals surface area contributed by atoms with E-state index in [9.17, 15) is 14.0 Å². The Labute approximate surface area is 120 Å². The highest BCUT2D eigenvalue weighted by molar-refractivity contribution is 6.10. The lowest BCUT2D eigenvalue weighted by Crippen LogP contribution is -2.19. The Morgan fingerprint density at radius 2 is 1.95 bits per heavy atom. The molecule has 0 saturated heterocycles. The molecule has 1 aliphatic heterocycles. The number of rotatable bonds is 2. The first-order valence-electron chi connectivity index (χ1n) is 6.57. The van der Waals surface area contributed by atoms with Gasteiger partial charge in [0.15, 0.2) is 5.78 Å². The number of carbonyl (C=O) groups is 2. The first-order chi connectivity index (χ1) is 10.0. The molecule has 0 fully saturated rings. The van der Waals surface area contributed by atoms with E-state index in [1.54, 1.807) is 18.2 Å². The maximum Gasteiger partial charge on any atom is 0.224 e. The van der Waals surface area contributed by atoms with Crippen molar-refractivity contribution in [1.82, 2.24) is 0 Å². The SMILES string of the molecule is Nc1ccc(C(=O)c2ccc3c(c2)CCC(=O)N3)c(F)c1. The Morgan fingerprint density at radius 1 is 1.14 bits per heavy atom. The van der Waals surface area contributed by atoms with Crippen LogP contribution in [0.4, 0.5) is 15.8 Å². The second-order valence-electron chi connectivity index (χ2n) is 4.99. The molecule has 5 heteroatoms. The molecule has 0 spiro atoms. The summed E-state index contributed by atoms with van der Waals surface area (Å²) in [4.78, 5) is 23.7. The standard InChI is InChI=1S/C16H13FN2O2/c17-13-8-11(18)3-4-12(13)16(21)10-1-5-14-9(7-10)2-6-15(20)19-14/h1,3-5,7-8H,2,6,18H2,(H,19,20). The largest absolute Gasteiger partial charge is 0.399 e. The van der Waals surface area contributed by atoms with E-state index in [1.807, 2.05) is 0 Å². The number of ketones is 1. The highest BCUT2D eigenvalue weighted by Gasteiger charge is 2.19. The highest BCUT2D eigenvalue weighted by Crippen LogP contribution is 2.25. The van der Waals surface area contributed by atoms with Crippen molar-refractivity contribution in [3.05, 3.63) is 58.9 Å². The third kappa shape index (κ3) is 2.50. The molecule has 0 radical (unpaired) electrons. The van der Waals surface area contributed by atoms with Crippen molar-refractivity contribution in [2.45, 2.75) is 12.8 Å². The average molecular weight is 284 g/mol. The van der Waals surface area contributed by atoms with Gasteiger partial charge in [0.25, 0.3) is 0 Å². The molecule has 0 aliphatic carbocycles. The van der Waals surface area contributed by atoms with Gasteiger partial charge in [-0.2, -0.15) is 0 Å². The van der Waals surface area contributed by atoms with Crippen LogP contribution in [0.2, 0.25) is 0 Å². The van der Waals surface area contributed by atoms with Crippen molar-refractivity contribution in [1.29, 1.82) is 0 Å². The van der Waals surface area contributed by atoms with E-state index in [0.717, 1.165) is 11.6 Å². The quantitative estimate of drug-likeness (QED) is 0.657. The summed E-state index contributed by atoms with van der Waals surface area (Å²) in [6.07, 6.45) is 0.966. The normalized spacial score (nSPS) is 13.5. The Balaban J connectivity index is 1.97. The molecule has 0 bridgehead atoms. The number of aryl methyl sites for hydroxylation is 1. The fourth-order valence-electron chi connectivity index (χ4n) is 2.40. The first-order valence-corrected chi connectivity index (χ1v) is 6.57. The van der Waals surface area contributed by atoms with E-state index < -0.39 is 11.6 Å². The van der Waals surface area contributed by atoms with Crippen LogP contribution < -0.4 is 11.1 Å². The molecular formula is C16H13FN2O2. The zero-order chi connectivity index (χ0) is 15.0. The van der Waals surface area contributed by atoms with Crippen LogP contribution in [-0.2, 0) is 11.2 Å².